The number of aliphatic hydroxyl groups excluding tert-OH is 1. The fourth-order valence-electron chi connectivity index (χ4n) is 1.86. The molecule has 0 saturated carbocycles. The van der Waals surface area contributed by atoms with Crippen molar-refractivity contribution in [3.63, 3.8) is 0 Å². The van der Waals surface area contributed by atoms with Gasteiger partial charge in [0.25, 0.3) is 0 Å². The molecule has 0 saturated heterocycles. The van der Waals surface area contributed by atoms with Crippen LogP contribution in [0.3, 0.4) is 0 Å². The molecule has 0 spiro atoms. The third kappa shape index (κ3) is 2.71. The molecule has 0 aliphatic heterocycles. The molecule has 1 N–H and O–H groups in total. The van der Waals surface area contributed by atoms with Gasteiger partial charge in [-0.25, -0.2) is 4.39 Å². The van der Waals surface area contributed by atoms with Gasteiger partial charge in [0.2, 0.25) is 0 Å². The summed E-state index contributed by atoms with van der Waals surface area (Å²) in [6.07, 6.45) is 0.600. The van der Waals surface area contributed by atoms with E-state index < -0.39 is 11.9 Å². The largest absolute Gasteiger partial charge is 0.455 e. The van der Waals surface area contributed by atoms with E-state index in [2.05, 4.69) is 0 Å². The van der Waals surface area contributed by atoms with Gasteiger partial charge in [0, 0.05) is 12.5 Å². The van der Waals surface area contributed by atoms with Crippen LogP contribution in [0.15, 0.2) is 28.7 Å². The number of methoxy groups -OCH3 is 1. The van der Waals surface area contributed by atoms with E-state index in [1.165, 1.54) is 6.07 Å². The van der Waals surface area contributed by atoms with Gasteiger partial charge in [0.1, 0.15) is 11.9 Å². The van der Waals surface area contributed by atoms with Crippen molar-refractivity contribution in [1.29, 1.82) is 0 Å². The van der Waals surface area contributed by atoms with Crippen molar-refractivity contribution >= 4 is 11.0 Å². The maximum Gasteiger partial charge on any atom is 0.170 e. The van der Waals surface area contributed by atoms with Gasteiger partial charge in [-0.1, -0.05) is 12.1 Å². The lowest BCUT2D eigenvalue weighted by Crippen LogP contribution is -2.07. The summed E-state index contributed by atoms with van der Waals surface area (Å²) in [7, 11) is 1.63. The average molecular weight is 252 g/mol. The number of ether oxygens (including phenoxy) is 1. The minimum absolute atomic E-state index is 0.0840. The van der Waals surface area contributed by atoms with E-state index in [4.69, 9.17) is 9.15 Å². The van der Waals surface area contributed by atoms with Crippen molar-refractivity contribution in [3.05, 3.63) is 35.8 Å². The Hall–Kier alpha value is -1.39. The van der Waals surface area contributed by atoms with Crippen LogP contribution >= 0.6 is 0 Å². The fraction of sp³-hybridized carbons (Fsp3) is 0.429. The van der Waals surface area contributed by atoms with Crippen LogP contribution < -0.4 is 0 Å². The molecular weight excluding hydrogens is 235 g/mol. The molecule has 0 aliphatic rings. The number of rotatable bonds is 5. The van der Waals surface area contributed by atoms with Crippen molar-refractivity contribution in [1.82, 2.24) is 0 Å². The Morgan fingerprint density at radius 1 is 1.39 bits per heavy atom. The maximum absolute atomic E-state index is 13.4. The summed E-state index contributed by atoms with van der Waals surface area (Å²) >= 11 is 0. The molecule has 98 valence electrons. The number of benzene rings is 1. The van der Waals surface area contributed by atoms with Crippen LogP contribution in [0.5, 0.6) is 0 Å². The second-order valence-electron chi connectivity index (χ2n) is 4.45. The van der Waals surface area contributed by atoms with Gasteiger partial charge < -0.3 is 14.3 Å². The van der Waals surface area contributed by atoms with E-state index in [0.717, 1.165) is 6.42 Å². The molecule has 3 nitrogen and oxygen atoms in total. The molecule has 0 bridgehead atoms. The molecule has 18 heavy (non-hydrogen) atoms. The van der Waals surface area contributed by atoms with Gasteiger partial charge in [-0.05, 0) is 31.9 Å². The zero-order valence-electron chi connectivity index (χ0n) is 10.5. The molecule has 0 radical (unpaired) electrons. The Morgan fingerprint density at radius 3 is 2.83 bits per heavy atom. The number of hydrogen-bond donors (Lipinski definition) is 1. The Balaban J connectivity index is 2.13. The first-order valence-electron chi connectivity index (χ1n) is 6.00. The standard InChI is InChI=1S/C14H17FO3/c1-9(17-2)6-7-12(16)13-8-10-4-3-5-11(15)14(10)18-13/h3-5,8-9,12,16H,6-7H2,1-2H3. The molecule has 2 aromatic rings. The normalized spacial score (nSPS) is 14.9. The maximum atomic E-state index is 13.4. The first kappa shape index (κ1) is 13.1. The lowest BCUT2D eigenvalue weighted by molar-refractivity contribution is 0.0786. The monoisotopic (exact) mass is 252 g/mol. The van der Waals surface area contributed by atoms with Gasteiger partial charge in [-0.3, -0.25) is 0 Å². The summed E-state index contributed by atoms with van der Waals surface area (Å²) in [5.41, 5.74) is 0.200. The quantitative estimate of drug-likeness (QED) is 0.886. The molecule has 2 rings (SSSR count). The summed E-state index contributed by atoms with van der Waals surface area (Å²) < 4.78 is 23.9. The number of furan rings is 1. The minimum atomic E-state index is -0.727. The van der Waals surface area contributed by atoms with Crippen LogP contribution in [0.25, 0.3) is 11.0 Å². The molecule has 1 aromatic heterocycles. The summed E-state index contributed by atoms with van der Waals surface area (Å²) in [5.74, 6) is -0.00499. The fourth-order valence-corrected chi connectivity index (χ4v) is 1.86. The van der Waals surface area contributed by atoms with Crippen LogP contribution in [-0.4, -0.2) is 18.3 Å². The summed E-state index contributed by atoms with van der Waals surface area (Å²) in [4.78, 5) is 0. The van der Waals surface area contributed by atoms with Crippen molar-refractivity contribution in [2.24, 2.45) is 0 Å². The molecular formula is C14H17FO3. The van der Waals surface area contributed by atoms with E-state index in [-0.39, 0.29) is 11.7 Å². The van der Waals surface area contributed by atoms with E-state index in [1.54, 1.807) is 25.3 Å². The average Bonchev–Trinajstić information content (AvgIpc) is 2.81. The van der Waals surface area contributed by atoms with Gasteiger partial charge >= 0.3 is 0 Å². The Bertz CT molecular complexity index is 521. The highest BCUT2D eigenvalue weighted by atomic mass is 19.1. The highest BCUT2D eigenvalue weighted by Gasteiger charge is 2.16. The van der Waals surface area contributed by atoms with Crippen LogP contribution in [0.4, 0.5) is 4.39 Å². The smallest absolute Gasteiger partial charge is 0.170 e. The van der Waals surface area contributed by atoms with E-state index in [1.807, 2.05) is 6.92 Å². The Kier molecular flexibility index (Phi) is 3.99. The topological polar surface area (TPSA) is 42.6 Å². The first-order chi connectivity index (χ1) is 8.61. The Labute approximate surface area is 105 Å². The van der Waals surface area contributed by atoms with Crippen molar-refractivity contribution < 1.29 is 18.7 Å². The highest BCUT2D eigenvalue weighted by molar-refractivity contribution is 5.78. The molecule has 2 unspecified atom stereocenters. The summed E-state index contributed by atoms with van der Waals surface area (Å²) in [5, 5.41) is 10.7. The van der Waals surface area contributed by atoms with Gasteiger partial charge in [0.05, 0.1) is 6.10 Å². The molecule has 0 amide bonds. The van der Waals surface area contributed by atoms with E-state index in [9.17, 15) is 9.50 Å². The van der Waals surface area contributed by atoms with Crippen LogP contribution in [-0.2, 0) is 4.74 Å². The second-order valence-corrected chi connectivity index (χ2v) is 4.45. The van der Waals surface area contributed by atoms with Gasteiger partial charge in [-0.2, -0.15) is 0 Å². The lowest BCUT2D eigenvalue weighted by atomic mass is 10.1. The number of para-hydroxylation sites is 1. The molecule has 2 atom stereocenters. The second kappa shape index (κ2) is 5.50. The minimum Gasteiger partial charge on any atom is -0.455 e. The van der Waals surface area contributed by atoms with Crippen molar-refractivity contribution in [3.8, 4) is 0 Å². The summed E-state index contributed by atoms with van der Waals surface area (Å²) in [6, 6.07) is 6.40. The van der Waals surface area contributed by atoms with Gasteiger partial charge in [-0.15, -0.1) is 0 Å². The molecule has 1 heterocycles. The predicted octanol–water partition coefficient (Wildman–Crippen LogP) is 3.42. The SMILES string of the molecule is COC(C)CCC(O)c1cc2cccc(F)c2o1. The molecule has 4 heteroatoms. The predicted molar refractivity (Wildman–Crippen MR) is 66.8 cm³/mol. The highest BCUT2D eigenvalue weighted by Crippen LogP contribution is 2.28. The van der Waals surface area contributed by atoms with Crippen molar-refractivity contribution in [2.75, 3.05) is 7.11 Å². The van der Waals surface area contributed by atoms with Crippen molar-refractivity contribution in [2.45, 2.75) is 32.0 Å². The summed E-state index contributed by atoms with van der Waals surface area (Å²) in [6.45, 7) is 1.94. The Morgan fingerprint density at radius 2 is 2.17 bits per heavy atom. The number of fused-ring (bicyclic) bond motifs is 1. The van der Waals surface area contributed by atoms with Crippen LogP contribution in [0, 0.1) is 5.82 Å². The molecule has 0 fully saturated rings. The molecule has 1 aromatic carbocycles. The van der Waals surface area contributed by atoms with Gasteiger partial charge in [0.15, 0.2) is 11.4 Å². The van der Waals surface area contributed by atoms with E-state index >= 15 is 0 Å². The number of hydrogen-bond acceptors (Lipinski definition) is 3. The molecule has 0 aliphatic carbocycles. The zero-order chi connectivity index (χ0) is 13.1. The number of halogens is 1. The number of aliphatic hydroxyl groups is 1. The first-order valence-corrected chi connectivity index (χ1v) is 6.00. The van der Waals surface area contributed by atoms with Crippen LogP contribution in [0.1, 0.15) is 31.6 Å². The van der Waals surface area contributed by atoms with E-state index in [0.29, 0.717) is 17.6 Å². The van der Waals surface area contributed by atoms with Crippen LogP contribution in [0.2, 0.25) is 0 Å². The third-order valence-electron chi connectivity index (χ3n) is 3.09. The zero-order valence-corrected chi connectivity index (χ0v) is 10.5. The third-order valence-corrected chi connectivity index (χ3v) is 3.09. The lowest BCUT2D eigenvalue weighted by Gasteiger charge is -2.11.